The van der Waals surface area contributed by atoms with E-state index in [1.807, 2.05) is 69.2 Å². The van der Waals surface area contributed by atoms with E-state index in [0.717, 1.165) is 22.4 Å². The van der Waals surface area contributed by atoms with Gasteiger partial charge >= 0.3 is 0 Å². The lowest BCUT2D eigenvalue weighted by Gasteiger charge is -2.31. The zero-order valence-electron chi connectivity index (χ0n) is 18.2. The number of amides is 1. The third-order valence-electron chi connectivity index (χ3n) is 5.69. The second-order valence-corrected chi connectivity index (χ2v) is 10.1. The van der Waals surface area contributed by atoms with Gasteiger partial charge in [-0.05, 0) is 56.0 Å². The van der Waals surface area contributed by atoms with Crippen molar-refractivity contribution in [1.29, 1.82) is 0 Å². The molecule has 1 saturated heterocycles. The lowest BCUT2D eigenvalue weighted by Crippen LogP contribution is -2.43. The lowest BCUT2D eigenvalue weighted by molar-refractivity contribution is -0.126. The van der Waals surface area contributed by atoms with Gasteiger partial charge in [0.1, 0.15) is 0 Å². The molecule has 0 atom stereocenters. The SMILES string of the molecule is Cc1ccc(S(=O)(=O)N2CCC(C(=O)NCc3ccc(N(C)C)cc3)CC2)c(C)c1. The first-order valence-electron chi connectivity index (χ1n) is 10.3. The van der Waals surface area contributed by atoms with Crippen LogP contribution in [0.2, 0.25) is 0 Å². The van der Waals surface area contributed by atoms with Crippen molar-refractivity contribution in [2.24, 2.45) is 5.92 Å². The van der Waals surface area contributed by atoms with Crippen LogP contribution in [0.1, 0.15) is 29.5 Å². The molecule has 1 aliphatic rings. The van der Waals surface area contributed by atoms with Crippen LogP contribution in [0.4, 0.5) is 5.69 Å². The number of nitrogens with one attached hydrogen (secondary N) is 1. The zero-order valence-corrected chi connectivity index (χ0v) is 19.0. The number of hydrogen-bond donors (Lipinski definition) is 1. The van der Waals surface area contributed by atoms with Crippen molar-refractivity contribution >= 4 is 21.6 Å². The third-order valence-corrected chi connectivity index (χ3v) is 7.75. The van der Waals surface area contributed by atoms with Gasteiger partial charge in [-0.25, -0.2) is 8.42 Å². The molecule has 0 radical (unpaired) electrons. The molecule has 0 unspecified atom stereocenters. The van der Waals surface area contributed by atoms with Crippen molar-refractivity contribution in [1.82, 2.24) is 9.62 Å². The van der Waals surface area contributed by atoms with E-state index >= 15 is 0 Å². The van der Waals surface area contributed by atoms with Crippen molar-refractivity contribution in [3.05, 3.63) is 59.2 Å². The van der Waals surface area contributed by atoms with Crippen LogP contribution in [-0.4, -0.2) is 45.8 Å². The van der Waals surface area contributed by atoms with E-state index in [1.165, 1.54) is 4.31 Å². The van der Waals surface area contributed by atoms with Crippen LogP contribution in [0.25, 0.3) is 0 Å². The Kier molecular flexibility index (Phi) is 6.83. The van der Waals surface area contributed by atoms with E-state index in [0.29, 0.717) is 37.4 Å². The monoisotopic (exact) mass is 429 g/mol. The summed E-state index contributed by atoms with van der Waals surface area (Å²) in [5, 5.41) is 3.00. The molecular weight excluding hydrogens is 398 g/mol. The van der Waals surface area contributed by atoms with Gasteiger partial charge in [0.05, 0.1) is 4.90 Å². The van der Waals surface area contributed by atoms with Crippen LogP contribution in [0.5, 0.6) is 0 Å². The average molecular weight is 430 g/mol. The first-order chi connectivity index (χ1) is 14.2. The number of carbonyl (C=O) groups is 1. The summed E-state index contributed by atoms with van der Waals surface area (Å²) in [6, 6.07) is 13.5. The second-order valence-electron chi connectivity index (χ2n) is 8.23. The first-order valence-corrected chi connectivity index (χ1v) is 11.7. The molecule has 0 aliphatic carbocycles. The maximum atomic E-state index is 13.0. The number of anilines is 1. The van der Waals surface area contributed by atoms with Crippen molar-refractivity contribution in [3.63, 3.8) is 0 Å². The third kappa shape index (κ3) is 5.02. The van der Waals surface area contributed by atoms with Crippen LogP contribution >= 0.6 is 0 Å². The highest BCUT2D eigenvalue weighted by Crippen LogP contribution is 2.26. The molecule has 2 aromatic rings. The van der Waals surface area contributed by atoms with E-state index in [9.17, 15) is 13.2 Å². The summed E-state index contributed by atoms with van der Waals surface area (Å²) in [5.74, 6) is -0.160. The molecule has 0 saturated carbocycles. The maximum absolute atomic E-state index is 13.0. The van der Waals surface area contributed by atoms with Crippen molar-refractivity contribution in [2.75, 3.05) is 32.1 Å². The minimum absolute atomic E-state index is 0.00440. The van der Waals surface area contributed by atoms with Gasteiger partial charge in [-0.15, -0.1) is 0 Å². The van der Waals surface area contributed by atoms with Crippen molar-refractivity contribution < 1.29 is 13.2 Å². The highest BCUT2D eigenvalue weighted by atomic mass is 32.2. The summed E-state index contributed by atoms with van der Waals surface area (Å²) in [7, 11) is 0.452. The fraction of sp³-hybridized carbons (Fsp3) is 0.435. The lowest BCUT2D eigenvalue weighted by atomic mass is 9.97. The fourth-order valence-corrected chi connectivity index (χ4v) is 5.51. The summed E-state index contributed by atoms with van der Waals surface area (Å²) >= 11 is 0. The highest BCUT2D eigenvalue weighted by molar-refractivity contribution is 7.89. The summed E-state index contributed by atoms with van der Waals surface area (Å²) in [5.41, 5.74) is 3.96. The molecule has 6 nitrogen and oxygen atoms in total. The van der Waals surface area contributed by atoms with Gasteiger partial charge in [-0.3, -0.25) is 4.79 Å². The molecular formula is C23H31N3O3S. The molecule has 30 heavy (non-hydrogen) atoms. The van der Waals surface area contributed by atoms with Crippen LogP contribution in [-0.2, 0) is 21.4 Å². The molecule has 1 heterocycles. The molecule has 162 valence electrons. The van der Waals surface area contributed by atoms with Crippen LogP contribution in [0.15, 0.2) is 47.4 Å². The average Bonchev–Trinajstić information content (AvgIpc) is 2.72. The Morgan fingerprint density at radius 2 is 1.70 bits per heavy atom. The predicted octanol–water partition coefficient (Wildman–Crippen LogP) is 3.09. The Bertz CT molecular complexity index is 993. The number of aryl methyl sites for hydroxylation is 2. The number of rotatable bonds is 6. The molecule has 3 rings (SSSR count). The second kappa shape index (κ2) is 9.18. The largest absolute Gasteiger partial charge is 0.378 e. The van der Waals surface area contributed by atoms with Crippen molar-refractivity contribution in [3.8, 4) is 0 Å². The van der Waals surface area contributed by atoms with E-state index in [-0.39, 0.29) is 11.8 Å². The smallest absolute Gasteiger partial charge is 0.243 e. The molecule has 2 aromatic carbocycles. The number of hydrogen-bond acceptors (Lipinski definition) is 4. The van der Waals surface area contributed by atoms with Gasteiger partial charge < -0.3 is 10.2 Å². The summed E-state index contributed by atoms with van der Waals surface area (Å²) in [4.78, 5) is 15.0. The quantitative estimate of drug-likeness (QED) is 0.766. The topological polar surface area (TPSA) is 69.7 Å². The molecule has 1 N–H and O–H groups in total. The predicted molar refractivity (Wildman–Crippen MR) is 120 cm³/mol. The van der Waals surface area contributed by atoms with Crippen molar-refractivity contribution in [2.45, 2.75) is 38.1 Å². The number of carbonyl (C=O) groups excluding carboxylic acids is 1. The van der Waals surface area contributed by atoms with Gasteiger partial charge in [0.15, 0.2) is 0 Å². The standard InChI is InChI=1S/C23H31N3O3S/c1-17-5-10-22(18(2)15-17)30(28,29)26-13-11-20(12-14-26)23(27)24-16-19-6-8-21(9-7-19)25(3)4/h5-10,15,20H,11-14,16H2,1-4H3,(H,24,27). The minimum atomic E-state index is -3.53. The van der Waals surface area contributed by atoms with Crippen LogP contribution < -0.4 is 10.2 Å². The van der Waals surface area contributed by atoms with Gasteiger partial charge in [-0.2, -0.15) is 4.31 Å². The molecule has 0 bridgehead atoms. The Morgan fingerprint density at radius 3 is 2.27 bits per heavy atom. The summed E-state index contributed by atoms with van der Waals surface area (Å²) in [6.07, 6.45) is 1.07. The van der Waals surface area contributed by atoms with Gasteiger partial charge in [0.2, 0.25) is 15.9 Å². The molecule has 1 fully saturated rings. The van der Waals surface area contributed by atoms with E-state index in [4.69, 9.17) is 0 Å². The molecule has 0 aromatic heterocycles. The van der Waals surface area contributed by atoms with Gasteiger partial charge in [0, 0.05) is 45.3 Å². The van der Waals surface area contributed by atoms with Crippen LogP contribution in [0.3, 0.4) is 0 Å². The number of piperidine rings is 1. The fourth-order valence-electron chi connectivity index (χ4n) is 3.83. The molecule has 7 heteroatoms. The summed E-state index contributed by atoms with van der Waals surface area (Å²) < 4.78 is 27.5. The Labute approximate surface area is 179 Å². The van der Waals surface area contributed by atoms with E-state index in [1.54, 1.807) is 6.07 Å². The first kappa shape index (κ1) is 22.3. The molecule has 1 aliphatic heterocycles. The molecule has 0 spiro atoms. The number of sulfonamides is 1. The normalized spacial score (nSPS) is 15.7. The van der Waals surface area contributed by atoms with E-state index < -0.39 is 10.0 Å². The maximum Gasteiger partial charge on any atom is 0.243 e. The number of nitrogens with zero attached hydrogens (tertiary/aromatic N) is 2. The Balaban J connectivity index is 1.55. The van der Waals surface area contributed by atoms with Gasteiger partial charge in [0.25, 0.3) is 0 Å². The number of benzene rings is 2. The molecule has 1 amide bonds. The van der Waals surface area contributed by atoms with Crippen LogP contribution in [0, 0.1) is 19.8 Å². The Morgan fingerprint density at radius 1 is 1.07 bits per heavy atom. The zero-order chi connectivity index (χ0) is 21.9. The highest BCUT2D eigenvalue weighted by Gasteiger charge is 2.32. The van der Waals surface area contributed by atoms with E-state index in [2.05, 4.69) is 5.32 Å². The minimum Gasteiger partial charge on any atom is -0.378 e. The van der Waals surface area contributed by atoms with Gasteiger partial charge in [-0.1, -0.05) is 29.8 Å². The summed E-state index contributed by atoms with van der Waals surface area (Å²) in [6.45, 7) is 4.99. The Hall–Kier alpha value is -2.38.